The molecule has 180 valence electrons. The summed E-state index contributed by atoms with van der Waals surface area (Å²) in [6, 6.07) is 17.4. The number of thioether (sulfide) groups is 1. The number of carbonyl (C=O) groups excluding carboxylic acids is 3. The Hall–Kier alpha value is -3.14. The molecule has 2 aromatic carbocycles. The van der Waals surface area contributed by atoms with Crippen LogP contribution in [-0.2, 0) is 20.9 Å². The van der Waals surface area contributed by atoms with Crippen molar-refractivity contribution in [1.82, 2.24) is 4.90 Å². The molecule has 35 heavy (non-hydrogen) atoms. The van der Waals surface area contributed by atoms with Gasteiger partial charge in [-0.15, -0.1) is 11.3 Å². The molecule has 0 saturated carbocycles. The van der Waals surface area contributed by atoms with Crippen LogP contribution in [0, 0.1) is 0 Å². The van der Waals surface area contributed by atoms with Gasteiger partial charge in [0.25, 0.3) is 0 Å². The minimum Gasteiger partial charge on any atom is -0.462 e. The number of carbonyl (C=O) groups is 3. The van der Waals surface area contributed by atoms with Gasteiger partial charge in [-0.1, -0.05) is 29.4 Å². The largest absolute Gasteiger partial charge is 0.462 e. The van der Waals surface area contributed by atoms with Gasteiger partial charge < -0.3 is 10.1 Å². The molecule has 1 unspecified atom stereocenters. The normalized spacial score (nSPS) is 16.5. The Bertz CT molecular complexity index is 1230. The van der Waals surface area contributed by atoms with Gasteiger partial charge in [0.05, 0.1) is 24.4 Å². The summed E-state index contributed by atoms with van der Waals surface area (Å²) < 4.78 is 5.02. The van der Waals surface area contributed by atoms with E-state index < -0.39 is 11.2 Å². The van der Waals surface area contributed by atoms with Gasteiger partial charge >= 0.3 is 5.97 Å². The van der Waals surface area contributed by atoms with E-state index >= 15 is 0 Å². The van der Waals surface area contributed by atoms with E-state index in [2.05, 4.69) is 10.3 Å². The van der Waals surface area contributed by atoms with E-state index in [1.165, 1.54) is 11.8 Å². The Morgan fingerprint density at radius 1 is 1.11 bits per heavy atom. The number of hydrogen-bond donors (Lipinski definition) is 1. The summed E-state index contributed by atoms with van der Waals surface area (Å²) in [6.45, 7) is 2.42. The molecular weight excluding hydrogens is 506 g/mol. The molecule has 1 aliphatic heterocycles. The number of amides is 2. The average Bonchev–Trinajstić information content (AvgIpc) is 3.45. The van der Waals surface area contributed by atoms with Gasteiger partial charge in [-0.2, -0.15) is 0 Å². The Balaban J connectivity index is 1.51. The molecule has 1 saturated heterocycles. The lowest BCUT2D eigenvalue weighted by Crippen LogP contribution is -2.32. The number of amidine groups is 1. The molecule has 1 atom stereocenters. The van der Waals surface area contributed by atoms with Crippen molar-refractivity contribution in [2.24, 2.45) is 4.99 Å². The van der Waals surface area contributed by atoms with Crippen LogP contribution in [0.25, 0.3) is 0 Å². The van der Waals surface area contributed by atoms with E-state index in [0.29, 0.717) is 40.3 Å². The fourth-order valence-electron chi connectivity index (χ4n) is 3.34. The molecule has 7 nitrogen and oxygen atoms in total. The zero-order valence-electron chi connectivity index (χ0n) is 18.8. The van der Waals surface area contributed by atoms with Crippen LogP contribution in [0.1, 0.15) is 28.6 Å². The first kappa shape index (κ1) is 25.0. The van der Waals surface area contributed by atoms with Crippen LogP contribution < -0.4 is 5.32 Å². The number of halogens is 1. The zero-order chi connectivity index (χ0) is 24.8. The number of thiophene rings is 1. The van der Waals surface area contributed by atoms with Crippen LogP contribution in [0.2, 0.25) is 5.02 Å². The van der Waals surface area contributed by atoms with Crippen molar-refractivity contribution in [3.63, 3.8) is 0 Å². The number of rotatable bonds is 8. The highest BCUT2D eigenvalue weighted by molar-refractivity contribution is 8.15. The summed E-state index contributed by atoms with van der Waals surface area (Å²) in [6.07, 6.45) is 0.00782. The topological polar surface area (TPSA) is 88.1 Å². The lowest BCUT2D eigenvalue weighted by molar-refractivity contribution is -0.128. The predicted octanol–water partition coefficient (Wildman–Crippen LogP) is 5.74. The van der Waals surface area contributed by atoms with Crippen molar-refractivity contribution in [2.75, 3.05) is 11.9 Å². The summed E-state index contributed by atoms with van der Waals surface area (Å²) in [4.78, 5) is 45.1. The number of aliphatic imine (C=N–C) groups is 1. The Morgan fingerprint density at radius 2 is 1.86 bits per heavy atom. The molecule has 1 aromatic heterocycles. The number of benzene rings is 2. The lowest BCUT2D eigenvalue weighted by atomic mass is 10.2. The summed E-state index contributed by atoms with van der Waals surface area (Å²) in [7, 11) is 0. The van der Waals surface area contributed by atoms with E-state index in [0.717, 1.165) is 4.88 Å². The fraction of sp³-hybridized carbons (Fsp3) is 0.200. The highest BCUT2D eigenvalue weighted by Gasteiger charge is 2.39. The van der Waals surface area contributed by atoms with Gasteiger partial charge in [0.2, 0.25) is 11.8 Å². The van der Waals surface area contributed by atoms with Crippen molar-refractivity contribution in [3.05, 3.63) is 81.5 Å². The van der Waals surface area contributed by atoms with Crippen LogP contribution in [0.4, 0.5) is 11.4 Å². The van der Waals surface area contributed by atoms with Gasteiger partial charge in [-0.05, 0) is 66.9 Å². The molecule has 1 aliphatic rings. The van der Waals surface area contributed by atoms with Gasteiger partial charge in [-0.3, -0.25) is 14.5 Å². The average molecular weight is 528 g/mol. The Kier molecular flexibility index (Phi) is 8.22. The molecule has 0 spiro atoms. The molecule has 2 amide bonds. The van der Waals surface area contributed by atoms with Gasteiger partial charge in [0, 0.05) is 22.0 Å². The summed E-state index contributed by atoms with van der Waals surface area (Å²) >= 11 is 8.71. The minimum atomic E-state index is -0.597. The summed E-state index contributed by atoms with van der Waals surface area (Å²) in [5.41, 5.74) is 1.63. The third kappa shape index (κ3) is 6.50. The maximum Gasteiger partial charge on any atom is 0.338 e. The summed E-state index contributed by atoms with van der Waals surface area (Å²) in [5, 5.41) is 5.24. The first-order valence-corrected chi connectivity index (χ1v) is 13.0. The van der Waals surface area contributed by atoms with Crippen LogP contribution >= 0.6 is 34.7 Å². The second kappa shape index (κ2) is 11.5. The molecule has 10 heteroatoms. The molecule has 3 aromatic rings. The van der Waals surface area contributed by atoms with E-state index in [1.54, 1.807) is 71.7 Å². The van der Waals surface area contributed by atoms with Gasteiger partial charge in [-0.25, -0.2) is 9.79 Å². The Morgan fingerprint density at radius 3 is 2.51 bits per heavy atom. The highest BCUT2D eigenvalue weighted by atomic mass is 35.5. The smallest absolute Gasteiger partial charge is 0.338 e. The lowest BCUT2D eigenvalue weighted by Gasteiger charge is -2.15. The predicted molar refractivity (Wildman–Crippen MR) is 140 cm³/mol. The summed E-state index contributed by atoms with van der Waals surface area (Å²) in [5.74, 6) is -0.839. The zero-order valence-corrected chi connectivity index (χ0v) is 21.2. The number of hydrogen-bond acceptors (Lipinski definition) is 7. The van der Waals surface area contributed by atoms with E-state index in [9.17, 15) is 14.4 Å². The molecule has 2 heterocycles. The molecule has 0 aliphatic carbocycles. The Labute approximate surface area is 216 Å². The van der Waals surface area contributed by atoms with E-state index in [-0.39, 0.29) is 18.2 Å². The number of ether oxygens (including phenoxy) is 1. The van der Waals surface area contributed by atoms with Crippen LogP contribution in [0.3, 0.4) is 0 Å². The molecule has 0 radical (unpaired) electrons. The fourth-order valence-corrected chi connectivity index (χ4v) is 5.32. The second-order valence-corrected chi connectivity index (χ2v) is 10.2. The maximum absolute atomic E-state index is 13.3. The SMILES string of the molecule is CCOC(=O)c1ccc(N=C2SC(CC(=O)Nc3ccc(Cl)cc3)C(=O)N2Cc2cccs2)cc1. The van der Waals surface area contributed by atoms with Gasteiger partial charge in [0.1, 0.15) is 5.25 Å². The van der Waals surface area contributed by atoms with E-state index in [1.807, 2.05) is 17.5 Å². The highest BCUT2D eigenvalue weighted by Crippen LogP contribution is 2.33. The van der Waals surface area contributed by atoms with Crippen molar-refractivity contribution in [2.45, 2.75) is 25.1 Å². The number of esters is 1. The van der Waals surface area contributed by atoms with Crippen LogP contribution in [0.15, 0.2) is 71.0 Å². The molecule has 1 fully saturated rings. The van der Waals surface area contributed by atoms with Crippen molar-refractivity contribution >= 4 is 69.0 Å². The van der Waals surface area contributed by atoms with E-state index in [4.69, 9.17) is 16.3 Å². The maximum atomic E-state index is 13.3. The number of anilines is 1. The molecule has 1 N–H and O–H groups in total. The van der Waals surface area contributed by atoms with Crippen LogP contribution in [0.5, 0.6) is 0 Å². The molecular formula is C25H22ClN3O4S2. The quantitative estimate of drug-likeness (QED) is 0.377. The molecule has 0 bridgehead atoms. The number of nitrogens with one attached hydrogen (secondary N) is 1. The van der Waals surface area contributed by atoms with Crippen molar-refractivity contribution in [1.29, 1.82) is 0 Å². The third-order valence-electron chi connectivity index (χ3n) is 5.02. The van der Waals surface area contributed by atoms with Crippen molar-refractivity contribution < 1.29 is 19.1 Å². The monoisotopic (exact) mass is 527 g/mol. The second-order valence-electron chi connectivity index (χ2n) is 7.53. The molecule has 4 rings (SSSR count). The minimum absolute atomic E-state index is 0.00782. The first-order chi connectivity index (χ1) is 16.9. The number of nitrogens with zero attached hydrogens (tertiary/aromatic N) is 2. The van der Waals surface area contributed by atoms with Gasteiger partial charge in [0.15, 0.2) is 5.17 Å². The first-order valence-electron chi connectivity index (χ1n) is 10.8. The standard InChI is InChI=1S/C25H22ClN3O4S2/c1-2-33-24(32)16-5-9-19(10-6-16)28-25-29(15-20-4-3-13-34-20)23(31)21(35-25)14-22(30)27-18-11-7-17(26)8-12-18/h3-13,21H,2,14-15H2,1H3,(H,27,30). The third-order valence-corrected chi connectivity index (χ3v) is 7.30. The van der Waals surface area contributed by atoms with Crippen molar-refractivity contribution in [3.8, 4) is 0 Å². The van der Waals surface area contributed by atoms with Crippen LogP contribution in [-0.4, -0.2) is 39.7 Å².